The molecule has 1 aromatic heterocycles. The van der Waals surface area contributed by atoms with Gasteiger partial charge in [0.2, 0.25) is 5.91 Å². The van der Waals surface area contributed by atoms with Crippen molar-refractivity contribution in [3.63, 3.8) is 0 Å². The number of nitrogens with one attached hydrogen (secondary N) is 2. The molecule has 4 rings (SSSR count). The Kier molecular flexibility index (Phi) is 3.96. The number of H-pyrrole nitrogens is 1. The van der Waals surface area contributed by atoms with E-state index in [-0.39, 0.29) is 17.8 Å². The molecule has 1 saturated carbocycles. The van der Waals surface area contributed by atoms with Crippen LogP contribution in [-0.4, -0.2) is 39.4 Å². The lowest BCUT2D eigenvalue weighted by atomic mass is 9.98. The fraction of sp³-hybridized carbons (Fsp3) is 0.529. The van der Waals surface area contributed by atoms with Gasteiger partial charge in [0.15, 0.2) is 5.82 Å². The topological polar surface area (TPSA) is 61.0 Å². The molecule has 2 aromatic rings. The molecular formula is C17H20F2N4O. The van der Waals surface area contributed by atoms with E-state index in [2.05, 4.69) is 20.2 Å². The molecule has 2 heterocycles. The van der Waals surface area contributed by atoms with E-state index in [9.17, 15) is 13.6 Å². The Hall–Kier alpha value is -2.02. The Morgan fingerprint density at radius 3 is 2.75 bits per heavy atom. The predicted molar refractivity (Wildman–Crippen MR) is 87.0 cm³/mol. The summed E-state index contributed by atoms with van der Waals surface area (Å²) < 4.78 is 25.4. The molecule has 7 heteroatoms. The van der Waals surface area contributed by atoms with Crippen LogP contribution in [0.3, 0.4) is 0 Å². The number of hydrogen-bond acceptors (Lipinski definition) is 3. The second-order valence-corrected chi connectivity index (χ2v) is 6.62. The normalized spacial score (nSPS) is 22.2. The predicted octanol–water partition coefficient (Wildman–Crippen LogP) is 3.46. The Labute approximate surface area is 138 Å². The third kappa shape index (κ3) is 2.77. The number of alkyl halides is 2. The van der Waals surface area contributed by atoms with E-state index in [0.717, 1.165) is 13.0 Å². The lowest BCUT2D eigenvalue weighted by Crippen LogP contribution is -2.57. The molecule has 24 heavy (non-hydrogen) atoms. The highest BCUT2D eigenvalue weighted by Gasteiger charge is 2.39. The van der Waals surface area contributed by atoms with Gasteiger partial charge in [-0.25, -0.2) is 13.8 Å². The van der Waals surface area contributed by atoms with Crippen molar-refractivity contribution >= 4 is 22.6 Å². The highest BCUT2D eigenvalue weighted by molar-refractivity contribution is 5.97. The number of aromatic amines is 1. The zero-order valence-electron chi connectivity index (χ0n) is 13.3. The van der Waals surface area contributed by atoms with Gasteiger partial charge >= 0.3 is 0 Å². The largest absolute Gasteiger partial charge is 0.337 e. The quantitative estimate of drug-likeness (QED) is 0.900. The van der Waals surface area contributed by atoms with Gasteiger partial charge in [-0.2, -0.15) is 0 Å². The number of imidazole rings is 1. The first kappa shape index (κ1) is 15.5. The second-order valence-electron chi connectivity index (χ2n) is 6.62. The summed E-state index contributed by atoms with van der Waals surface area (Å²) in [6.07, 6.45) is 3.10. The van der Waals surface area contributed by atoms with Crippen LogP contribution in [0, 0.1) is 0 Å². The Balaban J connectivity index is 1.46. The van der Waals surface area contributed by atoms with Crippen LogP contribution in [0.1, 0.15) is 44.4 Å². The lowest BCUT2D eigenvalue weighted by molar-refractivity contribution is -0.127. The van der Waals surface area contributed by atoms with E-state index in [1.165, 1.54) is 25.7 Å². The molecule has 1 aliphatic heterocycles. The number of rotatable bonds is 4. The number of anilines is 1. The van der Waals surface area contributed by atoms with Gasteiger partial charge in [-0.1, -0.05) is 12.8 Å². The van der Waals surface area contributed by atoms with Crippen molar-refractivity contribution in [1.82, 2.24) is 14.9 Å². The molecule has 1 saturated heterocycles. The number of carbonyl (C=O) groups excluding carboxylic acids is 1. The second kappa shape index (κ2) is 6.12. The average molecular weight is 334 g/mol. The molecule has 128 valence electrons. The van der Waals surface area contributed by atoms with E-state index >= 15 is 0 Å². The SMILES string of the molecule is O=C(Nc1ccc2nc(C(F)F)[nH]c2c1)C1CCN1C1CCCC1. The van der Waals surface area contributed by atoms with Crippen LogP contribution in [0.5, 0.6) is 0 Å². The summed E-state index contributed by atoms with van der Waals surface area (Å²) >= 11 is 0. The smallest absolute Gasteiger partial charge is 0.295 e. The molecule has 1 unspecified atom stereocenters. The van der Waals surface area contributed by atoms with Crippen molar-refractivity contribution in [2.24, 2.45) is 0 Å². The van der Waals surface area contributed by atoms with Crippen molar-refractivity contribution < 1.29 is 13.6 Å². The van der Waals surface area contributed by atoms with Gasteiger partial charge in [-0.3, -0.25) is 9.69 Å². The number of benzene rings is 1. The van der Waals surface area contributed by atoms with E-state index in [1.54, 1.807) is 18.2 Å². The molecule has 1 aliphatic carbocycles. The van der Waals surface area contributed by atoms with E-state index in [0.29, 0.717) is 22.8 Å². The summed E-state index contributed by atoms with van der Waals surface area (Å²) in [5, 5.41) is 2.91. The van der Waals surface area contributed by atoms with Crippen molar-refractivity contribution in [3.8, 4) is 0 Å². The summed E-state index contributed by atoms with van der Waals surface area (Å²) in [5.74, 6) is -0.360. The Morgan fingerprint density at radius 1 is 1.29 bits per heavy atom. The molecule has 5 nitrogen and oxygen atoms in total. The number of amides is 1. The van der Waals surface area contributed by atoms with Gasteiger partial charge in [-0.15, -0.1) is 0 Å². The first-order valence-corrected chi connectivity index (χ1v) is 8.46. The summed E-state index contributed by atoms with van der Waals surface area (Å²) in [4.78, 5) is 21.2. The van der Waals surface area contributed by atoms with Crippen LogP contribution >= 0.6 is 0 Å². The molecule has 0 spiro atoms. The molecule has 0 radical (unpaired) electrons. The van der Waals surface area contributed by atoms with Crippen LogP contribution in [0.25, 0.3) is 11.0 Å². The van der Waals surface area contributed by atoms with Crippen LogP contribution < -0.4 is 5.32 Å². The van der Waals surface area contributed by atoms with Gasteiger partial charge in [0.25, 0.3) is 6.43 Å². The minimum Gasteiger partial charge on any atom is -0.337 e. The maximum Gasteiger partial charge on any atom is 0.295 e. The van der Waals surface area contributed by atoms with Crippen molar-refractivity contribution in [2.45, 2.75) is 50.6 Å². The first-order chi connectivity index (χ1) is 11.6. The Morgan fingerprint density at radius 2 is 2.08 bits per heavy atom. The summed E-state index contributed by atoms with van der Waals surface area (Å²) in [5.41, 5.74) is 1.58. The number of aromatic nitrogens is 2. The minimum absolute atomic E-state index is 0.0129. The maximum absolute atomic E-state index is 12.7. The standard InChI is InChI=1S/C17H20F2N4O/c18-15(19)16-21-12-6-5-10(9-13(12)22-16)20-17(24)14-7-8-23(14)11-3-1-2-4-11/h5-6,9,11,14-15H,1-4,7-8H2,(H,20,24)(H,21,22). The summed E-state index contributed by atoms with van der Waals surface area (Å²) in [7, 11) is 0. The van der Waals surface area contributed by atoms with Gasteiger partial charge in [0.05, 0.1) is 17.1 Å². The highest BCUT2D eigenvalue weighted by atomic mass is 19.3. The number of halogens is 2. The number of carbonyl (C=O) groups is 1. The zero-order chi connectivity index (χ0) is 16.7. The highest BCUT2D eigenvalue weighted by Crippen LogP contribution is 2.31. The number of fused-ring (bicyclic) bond motifs is 1. The number of nitrogens with zero attached hydrogens (tertiary/aromatic N) is 2. The van der Waals surface area contributed by atoms with Gasteiger partial charge in [-0.05, 0) is 37.5 Å². The molecule has 0 bridgehead atoms. The summed E-state index contributed by atoms with van der Waals surface area (Å²) in [6.45, 7) is 0.986. The fourth-order valence-electron chi connectivity index (χ4n) is 3.80. The van der Waals surface area contributed by atoms with Crippen LogP contribution in [-0.2, 0) is 4.79 Å². The molecule has 1 amide bonds. The monoisotopic (exact) mass is 334 g/mol. The minimum atomic E-state index is -2.63. The third-order valence-corrected chi connectivity index (χ3v) is 5.13. The van der Waals surface area contributed by atoms with Crippen molar-refractivity contribution in [1.29, 1.82) is 0 Å². The number of hydrogen-bond donors (Lipinski definition) is 2. The first-order valence-electron chi connectivity index (χ1n) is 8.46. The van der Waals surface area contributed by atoms with Crippen LogP contribution in [0.15, 0.2) is 18.2 Å². The number of likely N-dealkylation sites (tertiary alicyclic amines) is 1. The van der Waals surface area contributed by atoms with Gasteiger partial charge < -0.3 is 10.3 Å². The molecule has 1 aromatic carbocycles. The molecule has 2 fully saturated rings. The van der Waals surface area contributed by atoms with E-state index in [4.69, 9.17) is 0 Å². The Bertz CT molecular complexity index is 754. The van der Waals surface area contributed by atoms with Crippen molar-refractivity contribution in [2.75, 3.05) is 11.9 Å². The molecule has 1 atom stereocenters. The van der Waals surface area contributed by atoms with Gasteiger partial charge in [0.1, 0.15) is 0 Å². The molecule has 2 aliphatic rings. The maximum atomic E-state index is 12.7. The average Bonchev–Trinajstić information content (AvgIpc) is 3.14. The molecule has 2 N–H and O–H groups in total. The van der Waals surface area contributed by atoms with E-state index < -0.39 is 6.43 Å². The van der Waals surface area contributed by atoms with Gasteiger partial charge in [0, 0.05) is 18.3 Å². The van der Waals surface area contributed by atoms with Crippen molar-refractivity contribution in [3.05, 3.63) is 24.0 Å². The zero-order valence-corrected chi connectivity index (χ0v) is 13.3. The van der Waals surface area contributed by atoms with Crippen LogP contribution in [0.2, 0.25) is 0 Å². The fourth-order valence-corrected chi connectivity index (χ4v) is 3.80. The summed E-state index contributed by atoms with van der Waals surface area (Å²) in [6, 6.07) is 5.47. The molecular weight excluding hydrogens is 314 g/mol. The lowest BCUT2D eigenvalue weighted by Gasteiger charge is -2.43. The van der Waals surface area contributed by atoms with Crippen LogP contribution in [0.4, 0.5) is 14.5 Å². The third-order valence-electron chi connectivity index (χ3n) is 5.13. The van der Waals surface area contributed by atoms with E-state index in [1.807, 2.05) is 0 Å².